The molecule has 0 aliphatic rings. The number of allylic oxidation sites excluding steroid dienone is 2. The Morgan fingerprint density at radius 3 is 1.21 bits per heavy atom. The molecule has 2 atom stereocenters. The van der Waals surface area contributed by atoms with Crippen LogP contribution in [0.3, 0.4) is 0 Å². The van der Waals surface area contributed by atoms with E-state index in [2.05, 4.69) is 47.9 Å². The van der Waals surface area contributed by atoms with Gasteiger partial charge in [0, 0.05) is 37.2 Å². The van der Waals surface area contributed by atoms with E-state index in [0.29, 0.717) is 52.5 Å². The van der Waals surface area contributed by atoms with Crippen molar-refractivity contribution in [2.75, 3.05) is 39.6 Å². The Bertz CT molecular complexity index is 1920. The summed E-state index contributed by atoms with van der Waals surface area (Å²) < 4.78 is 33.2. The van der Waals surface area contributed by atoms with Crippen molar-refractivity contribution < 1.29 is 38.0 Å². The highest BCUT2D eigenvalue weighted by molar-refractivity contribution is 5.75. The lowest BCUT2D eigenvalue weighted by Crippen LogP contribution is -2.28. The first-order valence-corrected chi connectivity index (χ1v) is 19.8. The standard InChI is InChI=1S/C50H54O8/c1-7-53-47(49(51)55-9-3)35-41-19-27-45(28-20-41)57-33-31-37(5)11-13-39-15-23-43(24-16-39)44-25-17-40(18-26-44)14-12-38(6)32-34-58-46-29-21-42(22-30-46)36-48(54-8-2)50(52)56-10-4/h15-32,47-48H,7-10,33-36H2,1-6H3/b37-31+,38-32+/t47-,48-/m0/s1. The maximum Gasteiger partial charge on any atom is 0.335 e. The van der Waals surface area contributed by atoms with E-state index in [9.17, 15) is 9.59 Å². The second-order valence-corrected chi connectivity index (χ2v) is 13.1. The summed E-state index contributed by atoms with van der Waals surface area (Å²) >= 11 is 0. The summed E-state index contributed by atoms with van der Waals surface area (Å²) in [6, 6.07) is 31.7. The molecule has 0 aromatic heterocycles. The van der Waals surface area contributed by atoms with Gasteiger partial charge >= 0.3 is 11.9 Å². The van der Waals surface area contributed by atoms with E-state index >= 15 is 0 Å². The van der Waals surface area contributed by atoms with Crippen LogP contribution in [0.15, 0.2) is 120 Å². The predicted octanol–water partition coefficient (Wildman–Crippen LogP) is 9.13. The molecule has 0 saturated heterocycles. The van der Waals surface area contributed by atoms with Crippen molar-refractivity contribution in [3.8, 4) is 46.3 Å². The topological polar surface area (TPSA) is 89.5 Å². The Morgan fingerprint density at radius 2 is 0.879 bits per heavy atom. The quantitative estimate of drug-likeness (QED) is 0.0688. The molecule has 8 heteroatoms. The number of benzene rings is 4. The number of hydrogen-bond acceptors (Lipinski definition) is 8. The van der Waals surface area contributed by atoms with Crippen LogP contribution < -0.4 is 9.47 Å². The van der Waals surface area contributed by atoms with Gasteiger partial charge < -0.3 is 28.4 Å². The summed E-state index contributed by atoms with van der Waals surface area (Å²) in [6.07, 6.45) is 3.56. The average molecular weight is 783 g/mol. The molecular formula is C50H54O8. The minimum Gasteiger partial charge on any atom is -0.490 e. The van der Waals surface area contributed by atoms with Crippen LogP contribution in [0.4, 0.5) is 0 Å². The Balaban J connectivity index is 1.21. The molecule has 0 heterocycles. The van der Waals surface area contributed by atoms with Crippen molar-refractivity contribution in [2.24, 2.45) is 0 Å². The van der Waals surface area contributed by atoms with E-state index in [-0.39, 0.29) is 11.9 Å². The van der Waals surface area contributed by atoms with Crippen molar-refractivity contribution in [3.63, 3.8) is 0 Å². The van der Waals surface area contributed by atoms with Crippen molar-refractivity contribution in [3.05, 3.63) is 143 Å². The van der Waals surface area contributed by atoms with Gasteiger partial charge in [0.25, 0.3) is 0 Å². The van der Waals surface area contributed by atoms with Gasteiger partial charge in [0.1, 0.15) is 24.7 Å². The lowest BCUT2D eigenvalue weighted by Gasteiger charge is -2.15. The van der Waals surface area contributed by atoms with Gasteiger partial charge in [0.2, 0.25) is 0 Å². The molecule has 0 fully saturated rings. The van der Waals surface area contributed by atoms with E-state index in [4.69, 9.17) is 28.4 Å². The first kappa shape index (κ1) is 44.7. The molecule has 0 spiro atoms. The Kier molecular flexibility index (Phi) is 18.9. The fourth-order valence-electron chi connectivity index (χ4n) is 5.63. The summed E-state index contributed by atoms with van der Waals surface area (Å²) in [7, 11) is 0. The van der Waals surface area contributed by atoms with Gasteiger partial charge in [-0.1, -0.05) is 72.2 Å². The number of carbonyl (C=O) groups excluding carboxylic acids is 2. The van der Waals surface area contributed by atoms with Crippen LogP contribution in [0.25, 0.3) is 11.1 Å². The number of hydrogen-bond donors (Lipinski definition) is 0. The normalized spacial score (nSPS) is 12.2. The zero-order valence-electron chi connectivity index (χ0n) is 34.5. The van der Waals surface area contributed by atoms with E-state index in [0.717, 1.165) is 56.0 Å². The van der Waals surface area contributed by atoms with Gasteiger partial charge in [-0.2, -0.15) is 0 Å². The molecule has 0 aliphatic heterocycles. The first-order valence-electron chi connectivity index (χ1n) is 19.8. The van der Waals surface area contributed by atoms with Crippen molar-refractivity contribution in [2.45, 2.75) is 66.6 Å². The van der Waals surface area contributed by atoms with Gasteiger partial charge in [-0.3, -0.25) is 0 Å². The van der Waals surface area contributed by atoms with Crippen molar-refractivity contribution in [1.29, 1.82) is 0 Å². The molecule has 4 rings (SSSR count). The first-order chi connectivity index (χ1) is 28.2. The van der Waals surface area contributed by atoms with Gasteiger partial charge in [0.05, 0.1) is 13.2 Å². The molecule has 58 heavy (non-hydrogen) atoms. The van der Waals surface area contributed by atoms with Crippen LogP contribution in [-0.4, -0.2) is 63.8 Å². The molecular weight excluding hydrogens is 729 g/mol. The number of esters is 2. The molecule has 0 bridgehead atoms. The van der Waals surface area contributed by atoms with E-state index in [1.807, 2.05) is 113 Å². The van der Waals surface area contributed by atoms with Gasteiger partial charge in [-0.25, -0.2) is 9.59 Å². The van der Waals surface area contributed by atoms with Crippen molar-refractivity contribution in [1.82, 2.24) is 0 Å². The summed E-state index contributed by atoms with van der Waals surface area (Å²) in [4.78, 5) is 24.3. The third kappa shape index (κ3) is 15.5. The maximum atomic E-state index is 12.2. The summed E-state index contributed by atoms with van der Waals surface area (Å²) in [5, 5.41) is 0. The zero-order valence-corrected chi connectivity index (χ0v) is 34.5. The monoisotopic (exact) mass is 782 g/mol. The average Bonchev–Trinajstić information content (AvgIpc) is 3.23. The maximum absolute atomic E-state index is 12.2. The summed E-state index contributed by atoms with van der Waals surface area (Å²) in [5.74, 6) is 13.6. The lowest BCUT2D eigenvalue weighted by molar-refractivity contribution is -0.157. The molecule has 0 radical (unpaired) electrons. The van der Waals surface area contributed by atoms with Crippen molar-refractivity contribution >= 4 is 11.9 Å². The second-order valence-electron chi connectivity index (χ2n) is 13.1. The third-order valence-corrected chi connectivity index (χ3v) is 8.71. The smallest absolute Gasteiger partial charge is 0.335 e. The molecule has 0 aliphatic carbocycles. The van der Waals surface area contributed by atoms with E-state index in [1.165, 1.54) is 0 Å². The fraction of sp³-hybridized carbons (Fsp3) is 0.320. The Labute approximate surface area is 344 Å². The van der Waals surface area contributed by atoms with Crippen LogP contribution in [-0.2, 0) is 41.4 Å². The lowest BCUT2D eigenvalue weighted by atomic mass is 10.0. The molecule has 0 unspecified atom stereocenters. The largest absolute Gasteiger partial charge is 0.490 e. The highest BCUT2D eigenvalue weighted by atomic mass is 16.6. The SMILES string of the molecule is CCOC(=O)[C@H](Cc1ccc(OC/C=C(\C)C#Cc2ccc(-c3ccc(C#C/C(C)=C/COc4ccc(C[C@H](OCC)C(=O)OCC)cc4)cc3)cc2)cc1)OCC. The van der Waals surface area contributed by atoms with Crippen LogP contribution >= 0.6 is 0 Å². The molecule has 302 valence electrons. The van der Waals surface area contributed by atoms with Crippen LogP contribution in [0.2, 0.25) is 0 Å². The molecule has 4 aromatic carbocycles. The minimum absolute atomic E-state index is 0.324. The molecule has 0 N–H and O–H groups in total. The fourth-order valence-corrected chi connectivity index (χ4v) is 5.63. The summed E-state index contributed by atoms with van der Waals surface area (Å²) in [6.45, 7) is 13.5. The highest BCUT2D eigenvalue weighted by Gasteiger charge is 2.21. The third-order valence-electron chi connectivity index (χ3n) is 8.71. The number of ether oxygens (including phenoxy) is 6. The molecule has 0 amide bonds. The predicted molar refractivity (Wildman–Crippen MR) is 229 cm³/mol. The Hall–Kier alpha value is -6.06. The van der Waals surface area contributed by atoms with Crippen LogP contribution in [0, 0.1) is 23.7 Å². The molecule has 4 aromatic rings. The molecule has 0 saturated carbocycles. The number of carbonyl (C=O) groups is 2. The van der Waals surface area contributed by atoms with E-state index < -0.39 is 12.2 Å². The number of rotatable bonds is 19. The van der Waals surface area contributed by atoms with Gasteiger partial charge in [0.15, 0.2) is 12.2 Å². The molecule has 8 nitrogen and oxygen atoms in total. The van der Waals surface area contributed by atoms with Gasteiger partial charge in [-0.05, 0) is 136 Å². The van der Waals surface area contributed by atoms with E-state index in [1.54, 1.807) is 13.8 Å². The van der Waals surface area contributed by atoms with Crippen LogP contribution in [0.5, 0.6) is 11.5 Å². The second kappa shape index (κ2) is 24.5. The Morgan fingerprint density at radius 1 is 0.517 bits per heavy atom. The minimum atomic E-state index is -0.618. The van der Waals surface area contributed by atoms with Gasteiger partial charge in [-0.15, -0.1) is 0 Å². The zero-order chi connectivity index (χ0) is 41.5. The van der Waals surface area contributed by atoms with Crippen LogP contribution in [0.1, 0.15) is 63.8 Å². The summed E-state index contributed by atoms with van der Waals surface area (Å²) in [5.41, 5.74) is 7.81. The highest BCUT2D eigenvalue weighted by Crippen LogP contribution is 2.21.